The fourth-order valence-corrected chi connectivity index (χ4v) is 3.47. The van der Waals surface area contributed by atoms with Gasteiger partial charge < -0.3 is 14.8 Å². The van der Waals surface area contributed by atoms with Gasteiger partial charge in [-0.1, -0.05) is 30.7 Å². The number of nitrogens with one attached hydrogen (secondary N) is 1. The zero-order chi connectivity index (χ0) is 21.1. The fraction of sp³-hybridized carbons (Fsp3) is 0.304. The van der Waals surface area contributed by atoms with Crippen LogP contribution in [0.4, 0.5) is 5.69 Å². The Hall–Kier alpha value is -3.28. The molecule has 0 radical (unpaired) electrons. The molecule has 1 aliphatic heterocycles. The molecule has 2 aromatic rings. The molecule has 29 heavy (non-hydrogen) atoms. The third-order valence-corrected chi connectivity index (χ3v) is 4.93. The summed E-state index contributed by atoms with van der Waals surface area (Å²) < 4.78 is 10.7. The molecular formula is C23H26N2O4. The number of rotatable bonds is 7. The smallest absolute Gasteiger partial charge is 0.278 e. The van der Waals surface area contributed by atoms with Crippen LogP contribution in [-0.4, -0.2) is 37.5 Å². The standard InChI is InChI=1S/C23H26N2O4/c1-6-11-25-22(26)20(16-8-10-18(28-4)19(13-16)29-5)21(23(25)27)24-17-9-7-14(2)12-15(17)3/h7-10,12-13,24H,6,11H2,1-5H3. The highest BCUT2D eigenvalue weighted by molar-refractivity contribution is 6.36. The van der Waals surface area contributed by atoms with Crippen LogP contribution in [-0.2, 0) is 9.59 Å². The second kappa shape index (κ2) is 8.39. The number of hydrogen-bond donors (Lipinski definition) is 1. The SMILES string of the molecule is CCCN1C(=O)C(Nc2ccc(C)cc2C)=C(c2ccc(OC)c(OC)c2)C1=O. The number of aryl methyl sites for hydroxylation is 2. The van der Waals surface area contributed by atoms with E-state index in [0.29, 0.717) is 35.6 Å². The van der Waals surface area contributed by atoms with Crippen LogP contribution in [0.5, 0.6) is 11.5 Å². The van der Waals surface area contributed by atoms with Crippen LogP contribution in [0.2, 0.25) is 0 Å². The fourth-order valence-electron chi connectivity index (χ4n) is 3.47. The summed E-state index contributed by atoms with van der Waals surface area (Å²) in [4.78, 5) is 27.5. The van der Waals surface area contributed by atoms with Gasteiger partial charge in [0.1, 0.15) is 5.70 Å². The highest BCUT2D eigenvalue weighted by Gasteiger charge is 2.39. The Kier molecular flexibility index (Phi) is 5.92. The first-order valence-electron chi connectivity index (χ1n) is 9.58. The van der Waals surface area contributed by atoms with Crippen LogP contribution in [0.25, 0.3) is 5.57 Å². The van der Waals surface area contributed by atoms with Crippen molar-refractivity contribution in [3.63, 3.8) is 0 Å². The lowest BCUT2D eigenvalue weighted by Gasteiger charge is -2.14. The highest BCUT2D eigenvalue weighted by atomic mass is 16.5. The van der Waals surface area contributed by atoms with E-state index in [1.54, 1.807) is 25.3 Å². The maximum Gasteiger partial charge on any atom is 0.278 e. The maximum absolute atomic E-state index is 13.1. The predicted octanol–water partition coefficient (Wildman–Crippen LogP) is 3.92. The van der Waals surface area contributed by atoms with Crippen molar-refractivity contribution in [3.05, 3.63) is 58.8 Å². The summed E-state index contributed by atoms with van der Waals surface area (Å²) in [6, 6.07) is 11.1. The second-order valence-corrected chi connectivity index (χ2v) is 7.03. The summed E-state index contributed by atoms with van der Waals surface area (Å²) >= 11 is 0. The first kappa shape index (κ1) is 20.5. The van der Waals surface area contributed by atoms with Crippen molar-refractivity contribution in [2.24, 2.45) is 0 Å². The van der Waals surface area contributed by atoms with Crippen molar-refractivity contribution in [2.45, 2.75) is 27.2 Å². The molecule has 0 bridgehead atoms. The molecule has 0 fully saturated rings. The zero-order valence-electron chi connectivity index (χ0n) is 17.5. The van der Waals surface area contributed by atoms with E-state index in [1.807, 2.05) is 39.0 Å². The van der Waals surface area contributed by atoms with Gasteiger partial charge >= 0.3 is 0 Å². The quantitative estimate of drug-likeness (QED) is 0.721. The van der Waals surface area contributed by atoms with Crippen molar-refractivity contribution in [3.8, 4) is 11.5 Å². The minimum atomic E-state index is -0.318. The number of carbonyl (C=O) groups excluding carboxylic acids is 2. The maximum atomic E-state index is 13.1. The number of anilines is 1. The van der Waals surface area contributed by atoms with Crippen LogP contribution < -0.4 is 14.8 Å². The van der Waals surface area contributed by atoms with E-state index < -0.39 is 0 Å². The summed E-state index contributed by atoms with van der Waals surface area (Å²) in [6.07, 6.45) is 0.688. The Morgan fingerprint density at radius 3 is 2.28 bits per heavy atom. The number of ether oxygens (including phenoxy) is 2. The minimum Gasteiger partial charge on any atom is -0.493 e. The van der Waals surface area contributed by atoms with Crippen LogP contribution in [0.3, 0.4) is 0 Å². The lowest BCUT2D eigenvalue weighted by Crippen LogP contribution is -2.33. The summed E-state index contributed by atoms with van der Waals surface area (Å²) in [6.45, 7) is 6.29. The van der Waals surface area contributed by atoms with E-state index in [0.717, 1.165) is 16.8 Å². The van der Waals surface area contributed by atoms with E-state index >= 15 is 0 Å². The topological polar surface area (TPSA) is 67.9 Å². The van der Waals surface area contributed by atoms with Gasteiger partial charge in [-0.3, -0.25) is 14.5 Å². The van der Waals surface area contributed by atoms with Crippen molar-refractivity contribution < 1.29 is 19.1 Å². The van der Waals surface area contributed by atoms with Gasteiger partial charge in [0, 0.05) is 12.2 Å². The number of amides is 2. The number of hydrogen-bond acceptors (Lipinski definition) is 5. The summed E-state index contributed by atoms with van der Waals surface area (Å²) in [5.74, 6) is 0.429. The van der Waals surface area contributed by atoms with Crippen LogP contribution in [0, 0.1) is 13.8 Å². The van der Waals surface area contributed by atoms with Crippen molar-refractivity contribution in [1.82, 2.24) is 4.90 Å². The monoisotopic (exact) mass is 394 g/mol. The molecule has 0 saturated heterocycles. The number of nitrogens with zero attached hydrogens (tertiary/aromatic N) is 1. The van der Waals surface area contributed by atoms with Gasteiger partial charge in [0.25, 0.3) is 11.8 Å². The van der Waals surface area contributed by atoms with Gasteiger partial charge in [0.2, 0.25) is 0 Å². The molecule has 3 rings (SSSR count). The minimum absolute atomic E-state index is 0.280. The molecule has 1 aliphatic rings. The van der Waals surface area contributed by atoms with E-state index in [4.69, 9.17) is 9.47 Å². The molecule has 0 atom stereocenters. The summed E-state index contributed by atoms with van der Waals surface area (Å²) in [7, 11) is 3.09. The Morgan fingerprint density at radius 2 is 1.66 bits per heavy atom. The second-order valence-electron chi connectivity index (χ2n) is 7.03. The van der Waals surface area contributed by atoms with Gasteiger partial charge in [0.05, 0.1) is 19.8 Å². The Bertz CT molecular complexity index is 994. The Labute approximate surface area is 171 Å². The first-order chi connectivity index (χ1) is 13.9. The molecule has 6 nitrogen and oxygen atoms in total. The number of benzene rings is 2. The van der Waals surface area contributed by atoms with Gasteiger partial charge in [-0.15, -0.1) is 0 Å². The van der Waals surface area contributed by atoms with Gasteiger partial charge in [-0.25, -0.2) is 0 Å². The molecule has 2 amide bonds. The molecule has 0 unspecified atom stereocenters. The Balaban J connectivity index is 2.13. The van der Waals surface area contributed by atoms with Crippen molar-refractivity contribution in [2.75, 3.05) is 26.1 Å². The molecule has 1 heterocycles. The lowest BCUT2D eigenvalue weighted by molar-refractivity contribution is -0.136. The lowest BCUT2D eigenvalue weighted by atomic mass is 10.0. The molecular weight excluding hydrogens is 368 g/mol. The molecule has 2 aromatic carbocycles. The normalized spacial score (nSPS) is 13.9. The molecule has 1 N–H and O–H groups in total. The molecule has 0 saturated carbocycles. The van der Waals surface area contributed by atoms with Crippen molar-refractivity contribution >= 4 is 23.1 Å². The first-order valence-corrected chi connectivity index (χ1v) is 9.58. The average molecular weight is 394 g/mol. The van der Waals surface area contributed by atoms with Crippen LogP contribution in [0.1, 0.15) is 30.0 Å². The van der Waals surface area contributed by atoms with E-state index in [9.17, 15) is 9.59 Å². The molecule has 6 heteroatoms. The molecule has 0 aromatic heterocycles. The van der Waals surface area contributed by atoms with Crippen LogP contribution in [0.15, 0.2) is 42.1 Å². The van der Waals surface area contributed by atoms with Gasteiger partial charge in [-0.2, -0.15) is 0 Å². The van der Waals surface area contributed by atoms with E-state index in [1.165, 1.54) is 12.0 Å². The number of carbonyl (C=O) groups is 2. The third kappa shape index (κ3) is 3.83. The zero-order valence-corrected chi connectivity index (χ0v) is 17.5. The van der Waals surface area contributed by atoms with Crippen molar-refractivity contribution in [1.29, 1.82) is 0 Å². The summed E-state index contributed by atoms with van der Waals surface area (Å²) in [5, 5.41) is 3.22. The highest BCUT2D eigenvalue weighted by Crippen LogP contribution is 2.36. The van der Waals surface area contributed by atoms with E-state index in [-0.39, 0.29) is 17.5 Å². The average Bonchev–Trinajstić information content (AvgIpc) is 2.94. The molecule has 152 valence electrons. The molecule has 0 spiro atoms. The van der Waals surface area contributed by atoms with E-state index in [2.05, 4.69) is 5.32 Å². The summed E-state index contributed by atoms with van der Waals surface area (Å²) in [5.41, 5.74) is 4.14. The van der Waals surface area contributed by atoms with Gasteiger partial charge in [-0.05, 0) is 49.6 Å². The predicted molar refractivity (Wildman–Crippen MR) is 113 cm³/mol. The third-order valence-electron chi connectivity index (χ3n) is 4.93. The number of methoxy groups -OCH3 is 2. The van der Waals surface area contributed by atoms with Crippen LogP contribution >= 0.6 is 0 Å². The number of imide groups is 1. The molecule has 0 aliphatic carbocycles. The largest absolute Gasteiger partial charge is 0.493 e. The Morgan fingerprint density at radius 1 is 0.931 bits per heavy atom. The van der Waals surface area contributed by atoms with Gasteiger partial charge in [0.15, 0.2) is 11.5 Å².